The first-order valence-electron chi connectivity index (χ1n) is 8.07. The molecule has 3 rings (SSSR count). The lowest BCUT2D eigenvalue weighted by Gasteiger charge is -2.13. The number of hydrogen-bond acceptors (Lipinski definition) is 6. The molecule has 28 heavy (non-hydrogen) atoms. The molecule has 2 aromatic carbocycles. The highest BCUT2D eigenvalue weighted by atomic mass is 32.2. The molecular weight excluding hydrogens is 403 g/mol. The smallest absolute Gasteiger partial charge is 0.454 e. The van der Waals surface area contributed by atoms with Crippen LogP contribution in [0.1, 0.15) is 18.1 Å². The Morgan fingerprint density at radius 2 is 1.79 bits per heavy atom. The van der Waals surface area contributed by atoms with Crippen molar-refractivity contribution in [3.8, 4) is 17.2 Å². The van der Waals surface area contributed by atoms with Crippen LogP contribution in [0, 0.1) is 0 Å². The van der Waals surface area contributed by atoms with Crippen LogP contribution in [0.15, 0.2) is 47.4 Å². The first-order valence-corrected chi connectivity index (χ1v) is 9.55. The van der Waals surface area contributed by atoms with E-state index in [1.165, 1.54) is 0 Å². The highest BCUT2D eigenvalue weighted by Crippen LogP contribution is 2.34. The highest BCUT2D eigenvalue weighted by molar-refractivity contribution is 7.89. The maximum Gasteiger partial charge on any atom is 0.573 e. The molecule has 0 fully saturated rings. The Morgan fingerprint density at radius 1 is 1.11 bits per heavy atom. The summed E-state index contributed by atoms with van der Waals surface area (Å²) in [4.78, 5) is -0.223. The summed E-state index contributed by atoms with van der Waals surface area (Å²) < 4.78 is 77.2. The molecule has 0 saturated heterocycles. The topological polar surface area (TPSA) is 94.1 Å². The van der Waals surface area contributed by atoms with Crippen LogP contribution >= 0.6 is 0 Å². The van der Waals surface area contributed by atoms with Crippen LogP contribution in [-0.2, 0) is 10.0 Å². The summed E-state index contributed by atoms with van der Waals surface area (Å²) in [6, 6.07) is 8.71. The van der Waals surface area contributed by atoms with Gasteiger partial charge in [-0.05, 0) is 48.4 Å². The number of alkyl halides is 3. The van der Waals surface area contributed by atoms with Gasteiger partial charge in [0.1, 0.15) is 5.75 Å². The molecule has 0 radical (unpaired) electrons. The Morgan fingerprint density at radius 3 is 2.46 bits per heavy atom. The average molecular weight is 419 g/mol. The van der Waals surface area contributed by atoms with E-state index in [1.54, 1.807) is 18.2 Å². The summed E-state index contributed by atoms with van der Waals surface area (Å²) >= 11 is 0. The first kappa shape index (κ1) is 20.2. The van der Waals surface area contributed by atoms with Crippen LogP contribution in [0.4, 0.5) is 13.2 Å². The average Bonchev–Trinajstić information content (AvgIpc) is 3.08. The zero-order valence-corrected chi connectivity index (χ0v) is 15.1. The Balaban J connectivity index is 1.56. The van der Waals surface area contributed by atoms with E-state index < -0.39 is 28.2 Å². The van der Waals surface area contributed by atoms with Crippen molar-refractivity contribution < 1.29 is 40.9 Å². The van der Waals surface area contributed by atoms with Crippen LogP contribution < -0.4 is 18.9 Å². The minimum Gasteiger partial charge on any atom is -0.454 e. The molecule has 0 amide bonds. The summed E-state index contributed by atoms with van der Waals surface area (Å²) in [6.07, 6.45) is -5.72. The second-order valence-corrected chi connectivity index (χ2v) is 7.60. The first-order chi connectivity index (χ1) is 13.1. The quantitative estimate of drug-likeness (QED) is 0.717. The highest BCUT2D eigenvalue weighted by Gasteiger charge is 2.31. The largest absolute Gasteiger partial charge is 0.573 e. The number of benzene rings is 2. The normalized spacial score (nSPS) is 14.7. The lowest BCUT2D eigenvalue weighted by molar-refractivity contribution is -0.274. The zero-order chi connectivity index (χ0) is 20.4. The van der Waals surface area contributed by atoms with Gasteiger partial charge in [0, 0.05) is 6.54 Å². The van der Waals surface area contributed by atoms with Crippen LogP contribution in [0.5, 0.6) is 17.2 Å². The number of aliphatic hydroxyl groups is 1. The third-order valence-electron chi connectivity index (χ3n) is 3.86. The molecule has 152 valence electrons. The van der Waals surface area contributed by atoms with Gasteiger partial charge in [0.25, 0.3) is 0 Å². The van der Waals surface area contributed by atoms with Crippen LogP contribution in [0.3, 0.4) is 0 Å². The van der Waals surface area contributed by atoms with Crippen molar-refractivity contribution in [1.82, 2.24) is 4.72 Å². The molecule has 1 aliphatic heterocycles. The van der Waals surface area contributed by atoms with Gasteiger partial charge >= 0.3 is 6.36 Å². The second kappa shape index (κ2) is 7.86. The van der Waals surface area contributed by atoms with Crippen LogP contribution in [-0.4, -0.2) is 33.2 Å². The predicted molar refractivity (Wildman–Crippen MR) is 90.5 cm³/mol. The molecule has 1 heterocycles. The standard InChI is InChI=1S/C17H16F3NO6S/c18-17(19,20)27-12-2-4-13(5-3-12)28(23,24)21-8-7-14(22)11-1-6-15-16(9-11)26-10-25-15/h1-6,9,14,21-22H,7-8,10H2. The number of rotatable bonds is 7. The second-order valence-electron chi connectivity index (χ2n) is 5.83. The summed E-state index contributed by atoms with van der Waals surface area (Å²) in [6.45, 7) is 0.0141. The molecular formula is C17H16F3NO6S. The molecule has 0 aliphatic carbocycles. The Bertz CT molecular complexity index is 931. The number of hydrogen-bond donors (Lipinski definition) is 2. The molecule has 1 unspecified atom stereocenters. The molecule has 2 aromatic rings. The van der Waals surface area contributed by atoms with Crippen LogP contribution in [0.2, 0.25) is 0 Å². The molecule has 0 bridgehead atoms. The lowest BCUT2D eigenvalue weighted by atomic mass is 10.1. The number of ether oxygens (including phenoxy) is 3. The third kappa shape index (κ3) is 5.06. The lowest BCUT2D eigenvalue weighted by Crippen LogP contribution is -2.26. The van der Waals surface area contributed by atoms with E-state index in [1.807, 2.05) is 0 Å². The van der Waals surface area contributed by atoms with Crippen molar-refractivity contribution in [2.45, 2.75) is 23.8 Å². The van der Waals surface area contributed by atoms with Gasteiger partial charge in [0.15, 0.2) is 11.5 Å². The molecule has 2 N–H and O–H groups in total. The number of fused-ring (bicyclic) bond motifs is 1. The molecule has 1 aliphatic rings. The van der Waals surface area contributed by atoms with E-state index >= 15 is 0 Å². The van der Waals surface area contributed by atoms with Gasteiger partial charge in [-0.2, -0.15) is 0 Å². The van der Waals surface area contributed by atoms with Gasteiger partial charge in [-0.15, -0.1) is 13.2 Å². The van der Waals surface area contributed by atoms with Crippen molar-refractivity contribution in [2.24, 2.45) is 0 Å². The molecule has 0 spiro atoms. The summed E-state index contributed by atoms with van der Waals surface area (Å²) in [5, 5.41) is 10.2. The summed E-state index contributed by atoms with van der Waals surface area (Å²) in [5.74, 6) is 0.539. The van der Waals surface area contributed by atoms with Gasteiger partial charge in [-0.1, -0.05) is 6.07 Å². The predicted octanol–water partition coefficient (Wildman–Crippen LogP) is 2.72. The van der Waals surface area contributed by atoms with Crippen LogP contribution in [0.25, 0.3) is 0 Å². The summed E-state index contributed by atoms with van der Waals surface area (Å²) in [5.41, 5.74) is 0.539. The van der Waals surface area contributed by atoms with Crippen molar-refractivity contribution >= 4 is 10.0 Å². The number of halogens is 3. The Labute approximate surface area is 158 Å². The minimum atomic E-state index is -4.86. The van der Waals surface area contributed by atoms with E-state index in [-0.39, 0.29) is 24.7 Å². The van der Waals surface area contributed by atoms with E-state index in [0.29, 0.717) is 17.1 Å². The van der Waals surface area contributed by atoms with Gasteiger partial charge in [-0.3, -0.25) is 0 Å². The zero-order valence-electron chi connectivity index (χ0n) is 14.3. The van der Waals surface area contributed by atoms with Gasteiger partial charge in [0.05, 0.1) is 11.0 Å². The molecule has 11 heteroatoms. The molecule has 7 nitrogen and oxygen atoms in total. The fourth-order valence-corrected chi connectivity index (χ4v) is 3.57. The number of aliphatic hydroxyl groups excluding tert-OH is 1. The number of nitrogens with one attached hydrogen (secondary N) is 1. The maximum absolute atomic E-state index is 12.2. The summed E-state index contributed by atoms with van der Waals surface area (Å²) in [7, 11) is -3.95. The maximum atomic E-state index is 12.2. The van der Waals surface area contributed by atoms with Crippen molar-refractivity contribution in [2.75, 3.05) is 13.3 Å². The van der Waals surface area contributed by atoms with E-state index in [4.69, 9.17) is 9.47 Å². The number of sulfonamides is 1. The van der Waals surface area contributed by atoms with E-state index in [9.17, 15) is 26.7 Å². The van der Waals surface area contributed by atoms with Gasteiger partial charge in [-0.25, -0.2) is 13.1 Å². The SMILES string of the molecule is O=S(=O)(NCCC(O)c1ccc2c(c1)OCO2)c1ccc(OC(F)(F)F)cc1. The monoisotopic (exact) mass is 419 g/mol. The van der Waals surface area contributed by atoms with E-state index in [2.05, 4.69) is 9.46 Å². The van der Waals surface area contributed by atoms with Crippen molar-refractivity contribution in [3.05, 3.63) is 48.0 Å². The fraction of sp³-hybridized carbons (Fsp3) is 0.294. The van der Waals surface area contributed by atoms with Crippen molar-refractivity contribution in [3.63, 3.8) is 0 Å². The van der Waals surface area contributed by atoms with Crippen molar-refractivity contribution in [1.29, 1.82) is 0 Å². The fourth-order valence-electron chi connectivity index (χ4n) is 2.52. The van der Waals surface area contributed by atoms with E-state index in [0.717, 1.165) is 24.3 Å². The molecule has 1 atom stereocenters. The molecule has 0 aromatic heterocycles. The third-order valence-corrected chi connectivity index (χ3v) is 5.34. The molecule has 0 saturated carbocycles. The van der Waals surface area contributed by atoms with Gasteiger partial charge in [0.2, 0.25) is 16.8 Å². The van der Waals surface area contributed by atoms with Gasteiger partial charge < -0.3 is 19.3 Å². The Kier molecular flexibility index (Phi) is 5.68. The minimum absolute atomic E-state index is 0.0775. The Hall–Kier alpha value is -2.50.